The number of nitrogen functional groups attached to an aromatic ring is 1. The lowest BCUT2D eigenvalue weighted by Crippen LogP contribution is -2.35. The van der Waals surface area contributed by atoms with E-state index >= 15 is 0 Å². The van der Waals surface area contributed by atoms with Crippen molar-refractivity contribution in [3.63, 3.8) is 0 Å². The fourth-order valence-electron chi connectivity index (χ4n) is 2.82. The van der Waals surface area contributed by atoms with Crippen LogP contribution in [0.5, 0.6) is 0 Å². The molecule has 0 radical (unpaired) electrons. The maximum Gasteiger partial charge on any atom is 0.219 e. The maximum atomic E-state index is 10.1. The molecule has 3 atom stereocenters. The number of aliphatic hydroxyl groups is 2. The Hall–Kier alpha value is -2.50. The molecule has 3 aromatic heterocycles. The van der Waals surface area contributed by atoms with Crippen LogP contribution >= 0.6 is 0 Å². The zero-order valence-corrected chi connectivity index (χ0v) is 12.4. The van der Waals surface area contributed by atoms with Crippen molar-refractivity contribution in [3.8, 4) is 11.3 Å². The van der Waals surface area contributed by atoms with Crippen LogP contribution in [0.2, 0.25) is 0 Å². The summed E-state index contributed by atoms with van der Waals surface area (Å²) in [4.78, 5) is 8.18. The Morgan fingerprint density at radius 2 is 2.17 bits per heavy atom. The second-order valence-electron chi connectivity index (χ2n) is 5.36. The lowest BCUT2D eigenvalue weighted by molar-refractivity contribution is -0.234. The SMILES string of the molecule is Nc1ncnc2c1c(-c1ccco1)cn2C1OC(CO)C(O)N1O. The van der Waals surface area contributed by atoms with Crippen molar-refractivity contribution in [3.05, 3.63) is 30.9 Å². The van der Waals surface area contributed by atoms with Crippen molar-refractivity contribution in [2.45, 2.75) is 18.7 Å². The van der Waals surface area contributed by atoms with Crippen LogP contribution in [0, 0.1) is 0 Å². The fourth-order valence-corrected chi connectivity index (χ4v) is 2.82. The molecule has 4 heterocycles. The molecule has 1 aliphatic rings. The highest BCUT2D eigenvalue weighted by atomic mass is 16.7. The number of nitrogens with zero attached hydrogens (tertiary/aromatic N) is 4. The third-order valence-electron chi connectivity index (χ3n) is 3.97. The Balaban J connectivity index is 1.90. The molecule has 5 N–H and O–H groups in total. The van der Waals surface area contributed by atoms with Gasteiger partial charge in [-0.1, -0.05) is 0 Å². The van der Waals surface area contributed by atoms with Gasteiger partial charge in [-0.25, -0.2) is 9.97 Å². The minimum atomic E-state index is -1.37. The van der Waals surface area contributed by atoms with E-state index in [0.29, 0.717) is 27.4 Å². The number of hydroxylamine groups is 2. The number of aromatic nitrogens is 3. The molecule has 0 saturated carbocycles. The molecular formula is C14H15N5O5. The van der Waals surface area contributed by atoms with E-state index in [1.807, 2.05) is 0 Å². The second kappa shape index (κ2) is 5.54. The van der Waals surface area contributed by atoms with Crippen LogP contribution in [-0.4, -0.2) is 54.0 Å². The van der Waals surface area contributed by atoms with E-state index in [2.05, 4.69) is 9.97 Å². The van der Waals surface area contributed by atoms with Gasteiger partial charge in [-0.2, -0.15) is 0 Å². The first-order chi connectivity index (χ1) is 11.6. The summed E-state index contributed by atoms with van der Waals surface area (Å²) in [6, 6.07) is 3.48. The summed E-state index contributed by atoms with van der Waals surface area (Å²) < 4.78 is 12.4. The highest BCUT2D eigenvalue weighted by Crippen LogP contribution is 2.37. The summed E-state index contributed by atoms with van der Waals surface area (Å²) in [6.07, 6.45) is 1.03. The van der Waals surface area contributed by atoms with Gasteiger partial charge in [0.1, 0.15) is 29.7 Å². The summed E-state index contributed by atoms with van der Waals surface area (Å²) in [5.41, 5.74) is 6.99. The molecule has 24 heavy (non-hydrogen) atoms. The van der Waals surface area contributed by atoms with Gasteiger partial charge in [0.05, 0.1) is 18.3 Å². The standard InChI is InChI=1S/C14H15N5O5/c15-11-10-7(8-2-1-3-23-8)4-18(12(10)17-6-16-11)14-19(22)13(21)9(5-20)24-14/h1-4,6,9,13-14,20-22H,5H2,(H2,15,16,17). The zero-order chi connectivity index (χ0) is 16.8. The van der Waals surface area contributed by atoms with Gasteiger partial charge in [-0.15, -0.1) is 5.06 Å². The molecule has 3 unspecified atom stereocenters. The minimum Gasteiger partial charge on any atom is -0.464 e. The summed E-state index contributed by atoms with van der Waals surface area (Å²) in [5, 5.41) is 30.4. The number of hydrogen-bond donors (Lipinski definition) is 4. The Labute approximate surface area is 135 Å². The van der Waals surface area contributed by atoms with Gasteiger partial charge in [0, 0.05) is 11.8 Å². The van der Waals surface area contributed by atoms with Crippen molar-refractivity contribution < 1.29 is 24.6 Å². The number of hydrogen-bond acceptors (Lipinski definition) is 9. The molecule has 0 aliphatic carbocycles. The van der Waals surface area contributed by atoms with Crippen molar-refractivity contribution in [2.24, 2.45) is 0 Å². The number of aliphatic hydroxyl groups excluding tert-OH is 2. The molecule has 1 fully saturated rings. The molecule has 1 saturated heterocycles. The molecule has 3 aromatic rings. The van der Waals surface area contributed by atoms with Crippen LogP contribution in [-0.2, 0) is 4.74 Å². The van der Waals surface area contributed by atoms with Gasteiger partial charge >= 0.3 is 0 Å². The summed E-state index contributed by atoms with van der Waals surface area (Å²) in [6.45, 7) is -0.448. The smallest absolute Gasteiger partial charge is 0.219 e. The molecule has 0 aromatic carbocycles. The first-order valence-corrected chi connectivity index (χ1v) is 7.18. The second-order valence-corrected chi connectivity index (χ2v) is 5.36. The van der Waals surface area contributed by atoms with Crippen LogP contribution in [0.25, 0.3) is 22.4 Å². The molecule has 0 amide bonds. The van der Waals surface area contributed by atoms with Gasteiger partial charge in [-0.3, -0.25) is 4.57 Å². The topological polar surface area (TPSA) is 143 Å². The number of anilines is 1. The molecule has 10 nitrogen and oxygen atoms in total. The Kier molecular flexibility index (Phi) is 3.48. The van der Waals surface area contributed by atoms with Gasteiger partial charge in [0.25, 0.3) is 0 Å². The molecule has 1 aliphatic heterocycles. The quantitative estimate of drug-likeness (QED) is 0.526. The normalized spacial score (nSPS) is 24.9. The fraction of sp³-hybridized carbons (Fsp3) is 0.286. The monoisotopic (exact) mass is 333 g/mol. The zero-order valence-electron chi connectivity index (χ0n) is 12.4. The number of fused-ring (bicyclic) bond motifs is 1. The number of furan rings is 1. The van der Waals surface area contributed by atoms with Gasteiger partial charge in [0.2, 0.25) is 6.35 Å². The van der Waals surface area contributed by atoms with Crippen LogP contribution in [0.15, 0.2) is 35.3 Å². The number of ether oxygens (including phenoxy) is 1. The lowest BCUT2D eigenvalue weighted by atomic mass is 10.2. The molecular weight excluding hydrogens is 318 g/mol. The Morgan fingerprint density at radius 3 is 2.83 bits per heavy atom. The van der Waals surface area contributed by atoms with E-state index < -0.39 is 25.3 Å². The number of nitrogens with two attached hydrogens (primary N) is 1. The average molecular weight is 333 g/mol. The van der Waals surface area contributed by atoms with Gasteiger partial charge in [-0.05, 0) is 12.1 Å². The molecule has 10 heteroatoms. The lowest BCUT2D eigenvalue weighted by Gasteiger charge is -2.19. The van der Waals surface area contributed by atoms with Crippen LogP contribution in [0.1, 0.15) is 6.35 Å². The van der Waals surface area contributed by atoms with Gasteiger partial charge < -0.3 is 30.3 Å². The van der Waals surface area contributed by atoms with Crippen LogP contribution in [0.4, 0.5) is 5.82 Å². The van der Waals surface area contributed by atoms with Crippen molar-refractivity contribution in [1.29, 1.82) is 0 Å². The summed E-state index contributed by atoms with van der Waals surface area (Å²) >= 11 is 0. The third-order valence-corrected chi connectivity index (χ3v) is 3.97. The highest BCUT2D eigenvalue weighted by Gasteiger charge is 2.42. The molecule has 0 bridgehead atoms. The van der Waals surface area contributed by atoms with E-state index in [1.54, 1.807) is 18.3 Å². The predicted molar refractivity (Wildman–Crippen MR) is 80.3 cm³/mol. The molecule has 126 valence electrons. The molecule has 0 spiro atoms. The van der Waals surface area contributed by atoms with E-state index in [4.69, 9.17) is 14.9 Å². The molecule has 4 rings (SSSR count). The van der Waals surface area contributed by atoms with E-state index in [1.165, 1.54) is 17.2 Å². The van der Waals surface area contributed by atoms with Crippen molar-refractivity contribution in [2.75, 3.05) is 12.3 Å². The van der Waals surface area contributed by atoms with Crippen molar-refractivity contribution in [1.82, 2.24) is 19.6 Å². The van der Waals surface area contributed by atoms with Gasteiger partial charge in [0.15, 0.2) is 6.23 Å². The largest absolute Gasteiger partial charge is 0.464 e. The van der Waals surface area contributed by atoms with E-state index in [0.717, 1.165) is 0 Å². The Morgan fingerprint density at radius 1 is 1.33 bits per heavy atom. The summed E-state index contributed by atoms with van der Waals surface area (Å²) in [7, 11) is 0. The third kappa shape index (κ3) is 2.09. The van der Waals surface area contributed by atoms with Crippen LogP contribution in [0.3, 0.4) is 0 Å². The first-order valence-electron chi connectivity index (χ1n) is 7.18. The average Bonchev–Trinajstić information content (AvgIpc) is 3.28. The predicted octanol–water partition coefficient (Wildman–Crippen LogP) is 0.130. The number of rotatable bonds is 3. The van der Waals surface area contributed by atoms with E-state index in [9.17, 15) is 15.4 Å². The first kappa shape index (κ1) is 15.1. The maximum absolute atomic E-state index is 10.1. The van der Waals surface area contributed by atoms with Crippen molar-refractivity contribution >= 4 is 16.9 Å². The highest BCUT2D eigenvalue weighted by molar-refractivity contribution is 5.99. The Bertz CT molecular complexity index is 864. The van der Waals surface area contributed by atoms with E-state index in [-0.39, 0.29) is 5.82 Å². The summed E-state index contributed by atoms with van der Waals surface area (Å²) in [5.74, 6) is 0.786. The van der Waals surface area contributed by atoms with Crippen LogP contribution < -0.4 is 5.73 Å². The minimum absolute atomic E-state index is 0.242.